The standard InChI is InChI=1S/C13H19Cl2NO2S/c1-2-3-4-9-16(19(17,18)11-14)10-12-5-7-13(15)8-6-12/h5-8H,2-4,9-11H2,1H3. The van der Waals surface area contributed by atoms with Crippen LogP contribution in [0.15, 0.2) is 24.3 Å². The molecule has 0 aromatic heterocycles. The number of alkyl halides is 1. The van der Waals surface area contributed by atoms with Crippen molar-refractivity contribution in [2.24, 2.45) is 0 Å². The molecule has 0 aliphatic rings. The number of hydrogen-bond donors (Lipinski definition) is 0. The number of unbranched alkanes of at least 4 members (excludes halogenated alkanes) is 2. The van der Waals surface area contributed by atoms with E-state index in [-0.39, 0.29) is 5.21 Å². The highest BCUT2D eigenvalue weighted by Crippen LogP contribution is 2.15. The minimum absolute atomic E-state index is 0.343. The number of rotatable bonds is 8. The molecule has 1 rings (SSSR count). The van der Waals surface area contributed by atoms with Crippen LogP contribution in [0.4, 0.5) is 0 Å². The Labute approximate surface area is 125 Å². The maximum absolute atomic E-state index is 11.9. The van der Waals surface area contributed by atoms with Crippen molar-refractivity contribution in [3.05, 3.63) is 34.9 Å². The van der Waals surface area contributed by atoms with Crippen LogP contribution in [-0.2, 0) is 16.6 Å². The molecule has 0 aliphatic carbocycles. The number of hydrogen-bond acceptors (Lipinski definition) is 2. The van der Waals surface area contributed by atoms with Crippen molar-refractivity contribution in [2.45, 2.75) is 32.7 Å². The summed E-state index contributed by atoms with van der Waals surface area (Å²) in [5, 5.41) is 0.258. The molecule has 0 heterocycles. The summed E-state index contributed by atoms with van der Waals surface area (Å²) in [4.78, 5) is 0. The number of halogens is 2. The molecule has 19 heavy (non-hydrogen) atoms. The van der Waals surface area contributed by atoms with E-state index >= 15 is 0 Å². The number of benzene rings is 1. The first-order valence-corrected chi connectivity index (χ1v) is 8.80. The topological polar surface area (TPSA) is 37.4 Å². The Morgan fingerprint density at radius 2 is 1.79 bits per heavy atom. The predicted molar refractivity (Wildman–Crippen MR) is 81.0 cm³/mol. The van der Waals surface area contributed by atoms with E-state index in [0.717, 1.165) is 24.8 Å². The first kappa shape index (κ1) is 16.8. The van der Waals surface area contributed by atoms with Crippen LogP contribution in [0.2, 0.25) is 5.02 Å². The summed E-state index contributed by atoms with van der Waals surface area (Å²) in [5.41, 5.74) is 0.912. The molecule has 3 nitrogen and oxygen atoms in total. The second-order valence-corrected chi connectivity index (χ2v) is 7.38. The van der Waals surface area contributed by atoms with Gasteiger partial charge in [-0.25, -0.2) is 8.42 Å². The minimum atomic E-state index is -3.38. The van der Waals surface area contributed by atoms with Gasteiger partial charge in [0.15, 0.2) is 0 Å². The van der Waals surface area contributed by atoms with Crippen LogP contribution in [0.5, 0.6) is 0 Å². The molecule has 0 saturated carbocycles. The molecule has 0 atom stereocenters. The van der Waals surface area contributed by atoms with Gasteiger partial charge in [-0.15, -0.1) is 11.6 Å². The van der Waals surface area contributed by atoms with Crippen LogP contribution in [0.25, 0.3) is 0 Å². The molecule has 0 bridgehead atoms. The predicted octanol–water partition coefficient (Wildman–Crippen LogP) is 3.86. The van der Waals surface area contributed by atoms with Crippen molar-refractivity contribution < 1.29 is 8.42 Å². The Morgan fingerprint density at radius 1 is 1.16 bits per heavy atom. The van der Waals surface area contributed by atoms with Gasteiger partial charge in [0.05, 0.1) is 0 Å². The van der Waals surface area contributed by atoms with Gasteiger partial charge in [-0.1, -0.05) is 43.5 Å². The van der Waals surface area contributed by atoms with Gasteiger partial charge in [-0.2, -0.15) is 4.31 Å². The van der Waals surface area contributed by atoms with Crippen LogP contribution in [0, 0.1) is 0 Å². The molecule has 0 unspecified atom stereocenters. The van der Waals surface area contributed by atoms with Gasteiger partial charge in [0.25, 0.3) is 0 Å². The summed E-state index contributed by atoms with van der Waals surface area (Å²) in [6.45, 7) is 2.93. The number of nitrogens with zero attached hydrogens (tertiary/aromatic N) is 1. The van der Waals surface area contributed by atoms with Crippen molar-refractivity contribution in [2.75, 3.05) is 11.8 Å². The minimum Gasteiger partial charge on any atom is -0.211 e. The van der Waals surface area contributed by atoms with E-state index in [4.69, 9.17) is 23.2 Å². The maximum Gasteiger partial charge on any atom is 0.228 e. The van der Waals surface area contributed by atoms with E-state index in [0.29, 0.717) is 18.1 Å². The van der Waals surface area contributed by atoms with Crippen molar-refractivity contribution in [3.8, 4) is 0 Å². The zero-order valence-corrected chi connectivity index (χ0v) is 13.3. The Hall–Kier alpha value is -0.290. The van der Waals surface area contributed by atoms with Crippen LogP contribution in [0.3, 0.4) is 0 Å². The zero-order chi connectivity index (χ0) is 14.3. The molecule has 6 heteroatoms. The highest BCUT2D eigenvalue weighted by molar-refractivity contribution is 7.90. The van der Waals surface area contributed by atoms with Gasteiger partial charge in [-0.05, 0) is 24.1 Å². The lowest BCUT2D eigenvalue weighted by atomic mass is 10.2. The summed E-state index contributed by atoms with van der Waals surface area (Å²) in [7, 11) is -3.38. The van der Waals surface area contributed by atoms with E-state index in [9.17, 15) is 8.42 Å². The smallest absolute Gasteiger partial charge is 0.211 e. The summed E-state index contributed by atoms with van der Waals surface area (Å²) in [6, 6.07) is 7.18. The fourth-order valence-electron chi connectivity index (χ4n) is 1.72. The summed E-state index contributed by atoms with van der Waals surface area (Å²) in [5.74, 6) is 0. The lowest BCUT2D eigenvalue weighted by Crippen LogP contribution is -2.32. The van der Waals surface area contributed by atoms with Crippen LogP contribution < -0.4 is 0 Å². The average molecular weight is 324 g/mol. The number of sulfonamides is 1. The summed E-state index contributed by atoms with van der Waals surface area (Å²) >= 11 is 11.4. The molecular weight excluding hydrogens is 305 g/mol. The third-order valence-corrected chi connectivity index (χ3v) is 5.27. The summed E-state index contributed by atoms with van der Waals surface area (Å²) < 4.78 is 25.3. The van der Waals surface area contributed by atoms with Gasteiger partial charge in [-0.3, -0.25) is 0 Å². The molecule has 1 aromatic carbocycles. The van der Waals surface area contributed by atoms with E-state index in [1.807, 2.05) is 12.1 Å². The highest BCUT2D eigenvalue weighted by atomic mass is 35.5. The lowest BCUT2D eigenvalue weighted by molar-refractivity contribution is 0.397. The third-order valence-electron chi connectivity index (χ3n) is 2.81. The Balaban J connectivity index is 2.76. The highest BCUT2D eigenvalue weighted by Gasteiger charge is 2.20. The van der Waals surface area contributed by atoms with Crippen LogP contribution >= 0.6 is 23.2 Å². The van der Waals surface area contributed by atoms with Crippen LogP contribution in [-0.4, -0.2) is 24.5 Å². The molecule has 0 N–H and O–H groups in total. The van der Waals surface area contributed by atoms with Gasteiger partial charge in [0.2, 0.25) is 10.0 Å². The van der Waals surface area contributed by atoms with Crippen molar-refractivity contribution in [3.63, 3.8) is 0 Å². The molecule has 0 aliphatic heterocycles. The largest absolute Gasteiger partial charge is 0.228 e. The quantitative estimate of drug-likeness (QED) is 0.538. The second-order valence-electron chi connectivity index (χ2n) is 4.39. The van der Waals surface area contributed by atoms with Gasteiger partial charge in [0, 0.05) is 18.1 Å². The Kier molecular flexibility index (Phi) is 7.15. The molecule has 0 spiro atoms. The average Bonchev–Trinajstić information content (AvgIpc) is 2.40. The van der Waals surface area contributed by atoms with Gasteiger partial charge < -0.3 is 0 Å². The fourth-order valence-corrected chi connectivity index (χ4v) is 3.15. The Bertz CT molecular complexity index is 474. The van der Waals surface area contributed by atoms with Gasteiger partial charge in [0.1, 0.15) is 5.21 Å². The van der Waals surface area contributed by atoms with Crippen LogP contribution in [0.1, 0.15) is 31.7 Å². The molecule has 0 fully saturated rings. The molecule has 0 radical (unpaired) electrons. The van der Waals surface area contributed by atoms with E-state index in [1.54, 1.807) is 12.1 Å². The molecule has 108 valence electrons. The SMILES string of the molecule is CCCCCN(Cc1ccc(Cl)cc1)S(=O)(=O)CCl. The van der Waals surface area contributed by atoms with E-state index < -0.39 is 10.0 Å². The fraction of sp³-hybridized carbons (Fsp3) is 0.538. The zero-order valence-electron chi connectivity index (χ0n) is 11.0. The maximum atomic E-state index is 11.9. The van der Waals surface area contributed by atoms with Crippen molar-refractivity contribution in [1.82, 2.24) is 4.31 Å². The second kappa shape index (κ2) is 8.10. The molecule has 0 amide bonds. The Morgan fingerprint density at radius 3 is 2.32 bits per heavy atom. The van der Waals surface area contributed by atoms with Crippen molar-refractivity contribution in [1.29, 1.82) is 0 Å². The lowest BCUT2D eigenvalue weighted by Gasteiger charge is -2.21. The normalized spacial score (nSPS) is 12.0. The first-order chi connectivity index (χ1) is 8.99. The molecule has 1 aromatic rings. The monoisotopic (exact) mass is 323 g/mol. The molecular formula is C13H19Cl2NO2S. The van der Waals surface area contributed by atoms with E-state index in [2.05, 4.69) is 6.92 Å². The first-order valence-electron chi connectivity index (χ1n) is 6.28. The van der Waals surface area contributed by atoms with Crippen molar-refractivity contribution >= 4 is 33.2 Å². The van der Waals surface area contributed by atoms with E-state index in [1.165, 1.54) is 4.31 Å². The summed E-state index contributed by atoms with van der Waals surface area (Å²) in [6.07, 6.45) is 2.91. The third kappa shape index (κ3) is 5.69. The van der Waals surface area contributed by atoms with Gasteiger partial charge >= 0.3 is 0 Å². The molecule has 0 saturated heterocycles.